The van der Waals surface area contributed by atoms with Crippen molar-refractivity contribution in [3.05, 3.63) is 91.0 Å². The van der Waals surface area contributed by atoms with E-state index in [2.05, 4.69) is 96.9 Å². The fourth-order valence-corrected chi connectivity index (χ4v) is 7.99. The van der Waals surface area contributed by atoms with Crippen LogP contribution in [0.1, 0.15) is 0 Å². The number of rotatable bonds is 16. The van der Waals surface area contributed by atoms with Crippen LogP contribution in [0.4, 0.5) is 0 Å². The predicted octanol–water partition coefficient (Wildman–Crippen LogP) is 3.68. The molecule has 0 unspecified atom stereocenters. The highest BCUT2D eigenvalue weighted by molar-refractivity contribution is 7.95. The number of ether oxygens (including phenoxy) is 4. The molecule has 0 fully saturated rings. The van der Waals surface area contributed by atoms with Crippen molar-refractivity contribution < 1.29 is 18.9 Å². The minimum Gasteiger partial charge on any atom is -0.377 e. The van der Waals surface area contributed by atoms with Crippen LogP contribution in [-0.2, 0) is 18.9 Å². The maximum Gasteiger partial charge on any atom is 0.114 e. The van der Waals surface area contributed by atoms with E-state index in [0.29, 0.717) is 52.9 Å². The van der Waals surface area contributed by atoms with E-state index < -0.39 is 7.26 Å². The van der Waals surface area contributed by atoms with Gasteiger partial charge < -0.3 is 18.9 Å². The van der Waals surface area contributed by atoms with Crippen molar-refractivity contribution in [3.8, 4) is 12.3 Å². The van der Waals surface area contributed by atoms with Crippen molar-refractivity contribution in [1.82, 2.24) is 0 Å². The lowest BCUT2D eigenvalue weighted by molar-refractivity contribution is 0.00305. The molecule has 34 heavy (non-hydrogen) atoms. The topological polar surface area (TPSA) is 36.9 Å². The summed E-state index contributed by atoms with van der Waals surface area (Å²) >= 11 is 0. The van der Waals surface area contributed by atoms with Gasteiger partial charge in [-0.3, -0.25) is 0 Å². The van der Waals surface area contributed by atoms with E-state index in [-0.39, 0.29) is 0 Å². The van der Waals surface area contributed by atoms with Gasteiger partial charge in [0, 0.05) is 0 Å². The Morgan fingerprint density at radius 3 is 1.24 bits per heavy atom. The van der Waals surface area contributed by atoms with Gasteiger partial charge >= 0.3 is 0 Å². The van der Waals surface area contributed by atoms with Crippen molar-refractivity contribution in [2.75, 3.05) is 59.0 Å². The van der Waals surface area contributed by atoms with Crippen LogP contribution in [0.15, 0.2) is 91.0 Å². The van der Waals surface area contributed by atoms with Gasteiger partial charge in [-0.15, -0.1) is 6.42 Å². The van der Waals surface area contributed by atoms with E-state index >= 15 is 0 Å². The largest absolute Gasteiger partial charge is 0.377 e. The molecule has 5 heteroatoms. The monoisotopic (exact) mass is 477 g/mol. The molecule has 0 heterocycles. The highest BCUT2D eigenvalue weighted by atomic mass is 31.2. The number of benzene rings is 3. The van der Waals surface area contributed by atoms with Crippen LogP contribution in [-0.4, -0.2) is 59.0 Å². The Morgan fingerprint density at radius 2 is 0.853 bits per heavy atom. The summed E-state index contributed by atoms with van der Waals surface area (Å²) in [6.45, 7) is 4.18. The zero-order chi connectivity index (χ0) is 23.7. The molecular formula is C29H34O4P+. The summed E-state index contributed by atoms with van der Waals surface area (Å²) in [4.78, 5) is 0. The average molecular weight is 478 g/mol. The maximum atomic E-state index is 6.05. The van der Waals surface area contributed by atoms with Crippen molar-refractivity contribution in [1.29, 1.82) is 0 Å². The van der Waals surface area contributed by atoms with Gasteiger partial charge in [0.15, 0.2) is 0 Å². The molecule has 0 radical (unpaired) electrons. The molecule has 4 nitrogen and oxygen atoms in total. The second kappa shape index (κ2) is 15.4. The summed E-state index contributed by atoms with van der Waals surface area (Å²) < 4.78 is 22.3. The molecule has 0 aliphatic heterocycles. The first-order chi connectivity index (χ1) is 16.9. The van der Waals surface area contributed by atoms with Crippen molar-refractivity contribution >= 4 is 23.2 Å². The molecule has 0 aromatic heterocycles. The number of hydrogen-bond acceptors (Lipinski definition) is 4. The van der Waals surface area contributed by atoms with Gasteiger partial charge in [0.2, 0.25) is 0 Å². The third kappa shape index (κ3) is 7.77. The third-order valence-corrected chi connectivity index (χ3v) is 9.86. The second-order valence-electron chi connectivity index (χ2n) is 7.63. The Hall–Kier alpha value is -2.51. The highest BCUT2D eigenvalue weighted by Gasteiger charge is 2.44. The zero-order valence-electron chi connectivity index (χ0n) is 19.7. The summed E-state index contributed by atoms with van der Waals surface area (Å²) in [5.41, 5.74) is 0. The Kier molecular flexibility index (Phi) is 11.8. The Bertz CT molecular complexity index is 861. The first-order valence-electron chi connectivity index (χ1n) is 11.7. The minimum absolute atomic E-state index is 0.319. The van der Waals surface area contributed by atoms with Gasteiger partial charge in [-0.25, -0.2) is 0 Å². The van der Waals surface area contributed by atoms with Gasteiger partial charge in [0.25, 0.3) is 0 Å². The molecule has 3 aromatic carbocycles. The molecule has 0 bridgehead atoms. The van der Waals surface area contributed by atoms with Crippen LogP contribution in [0, 0.1) is 12.3 Å². The zero-order valence-corrected chi connectivity index (χ0v) is 20.6. The van der Waals surface area contributed by atoms with Crippen LogP contribution >= 0.6 is 7.26 Å². The molecule has 0 saturated heterocycles. The molecule has 0 aliphatic rings. The molecule has 0 amide bonds. The maximum absolute atomic E-state index is 6.05. The SMILES string of the molecule is C#CCOCCOCCOCCOCC[P+](c1ccccc1)(c1ccccc1)c1ccccc1. The fraction of sp³-hybridized carbons (Fsp3) is 0.310. The quantitative estimate of drug-likeness (QED) is 0.179. The van der Waals surface area contributed by atoms with E-state index in [1.807, 2.05) is 0 Å². The Morgan fingerprint density at radius 1 is 0.500 bits per heavy atom. The summed E-state index contributed by atoms with van der Waals surface area (Å²) in [5, 5.41) is 4.11. The summed E-state index contributed by atoms with van der Waals surface area (Å²) in [7, 11) is -1.85. The van der Waals surface area contributed by atoms with Crippen LogP contribution < -0.4 is 15.9 Å². The first kappa shape index (κ1) is 26.1. The minimum atomic E-state index is -1.85. The van der Waals surface area contributed by atoms with E-state index in [0.717, 1.165) is 6.16 Å². The molecule has 178 valence electrons. The highest BCUT2D eigenvalue weighted by Crippen LogP contribution is 2.54. The summed E-state index contributed by atoms with van der Waals surface area (Å²) in [6.07, 6.45) is 6.06. The lowest BCUT2D eigenvalue weighted by Gasteiger charge is -2.27. The van der Waals surface area contributed by atoms with Crippen molar-refractivity contribution in [2.24, 2.45) is 0 Å². The van der Waals surface area contributed by atoms with E-state index in [1.165, 1.54) is 15.9 Å². The van der Waals surface area contributed by atoms with Gasteiger partial charge in [0.1, 0.15) is 29.8 Å². The van der Waals surface area contributed by atoms with Gasteiger partial charge in [-0.05, 0) is 36.4 Å². The second-order valence-corrected chi connectivity index (χ2v) is 11.2. The van der Waals surface area contributed by atoms with Crippen LogP contribution in [0.3, 0.4) is 0 Å². The molecular weight excluding hydrogens is 443 g/mol. The molecule has 0 aliphatic carbocycles. The van der Waals surface area contributed by atoms with E-state index in [4.69, 9.17) is 25.4 Å². The third-order valence-electron chi connectivity index (χ3n) is 5.46. The van der Waals surface area contributed by atoms with E-state index in [9.17, 15) is 0 Å². The number of terminal acetylenes is 1. The van der Waals surface area contributed by atoms with Crippen molar-refractivity contribution in [3.63, 3.8) is 0 Å². The molecule has 0 saturated carbocycles. The Balaban J connectivity index is 1.54. The first-order valence-corrected chi connectivity index (χ1v) is 13.6. The lowest BCUT2D eigenvalue weighted by atomic mass is 10.4. The smallest absolute Gasteiger partial charge is 0.114 e. The van der Waals surface area contributed by atoms with Gasteiger partial charge in [0.05, 0.1) is 52.4 Å². The molecule has 0 atom stereocenters. The summed E-state index contributed by atoms with van der Waals surface area (Å²) in [5.74, 6) is 2.43. The van der Waals surface area contributed by atoms with Crippen LogP contribution in [0.2, 0.25) is 0 Å². The Labute approximate surface area is 204 Å². The van der Waals surface area contributed by atoms with Gasteiger partial charge in [-0.2, -0.15) is 0 Å². The molecule has 3 aromatic rings. The molecule has 0 spiro atoms. The van der Waals surface area contributed by atoms with Crippen LogP contribution in [0.5, 0.6) is 0 Å². The molecule has 3 rings (SSSR count). The van der Waals surface area contributed by atoms with Crippen LogP contribution in [0.25, 0.3) is 0 Å². The fourth-order valence-electron chi connectivity index (χ4n) is 3.87. The standard InChI is InChI=1S/C29H34O4P/c1-2-18-30-19-20-31-21-22-32-23-24-33-25-26-34(27-12-6-3-7-13-27,28-14-8-4-9-15-28)29-16-10-5-11-17-29/h1,3-17H,18-26H2/q+1. The average Bonchev–Trinajstić information content (AvgIpc) is 2.91. The normalized spacial score (nSPS) is 11.3. The van der Waals surface area contributed by atoms with E-state index in [1.54, 1.807) is 0 Å². The predicted molar refractivity (Wildman–Crippen MR) is 142 cm³/mol. The lowest BCUT2D eigenvalue weighted by Crippen LogP contribution is -2.34. The number of hydrogen-bond donors (Lipinski definition) is 0. The van der Waals surface area contributed by atoms with Gasteiger partial charge in [-0.1, -0.05) is 60.5 Å². The summed E-state index contributed by atoms with van der Waals surface area (Å²) in [6, 6.07) is 32.6. The molecule has 0 N–H and O–H groups in total. The van der Waals surface area contributed by atoms with Crippen molar-refractivity contribution in [2.45, 2.75) is 0 Å².